The fraction of sp³-hybridized carbons (Fsp3) is 0.562. The number of hydrogen-bond donors (Lipinski definition) is 0. The van der Waals surface area contributed by atoms with Gasteiger partial charge in [0.05, 0.1) is 13.3 Å². The topological polar surface area (TPSA) is 59.3 Å². The lowest BCUT2D eigenvalue weighted by Gasteiger charge is -2.26. The Morgan fingerprint density at radius 2 is 2.09 bits per heavy atom. The minimum atomic E-state index is 0.534. The van der Waals surface area contributed by atoms with Crippen LogP contribution < -0.4 is 9.64 Å². The summed E-state index contributed by atoms with van der Waals surface area (Å²) in [5.74, 6) is 1.61. The summed E-state index contributed by atoms with van der Waals surface area (Å²) in [6.45, 7) is 3.15. The molecule has 0 amide bonds. The number of aryl methyl sites for hydroxylation is 1. The van der Waals surface area contributed by atoms with E-state index in [0.717, 1.165) is 25.5 Å². The van der Waals surface area contributed by atoms with Crippen molar-refractivity contribution >= 4 is 5.82 Å². The summed E-state index contributed by atoms with van der Waals surface area (Å²) >= 11 is 0. The smallest absolute Gasteiger partial charge is 0.218 e. The number of aromatic nitrogens is 4. The van der Waals surface area contributed by atoms with Crippen LogP contribution in [0.3, 0.4) is 0 Å². The van der Waals surface area contributed by atoms with Crippen molar-refractivity contribution in [3.63, 3.8) is 0 Å². The predicted octanol–water partition coefficient (Wildman–Crippen LogP) is 1.07. The third-order valence-electron chi connectivity index (χ3n) is 4.97. The lowest BCUT2D eigenvalue weighted by molar-refractivity contribution is 0.246. The van der Waals surface area contributed by atoms with Crippen LogP contribution in [-0.4, -0.2) is 56.9 Å². The van der Waals surface area contributed by atoms with Crippen LogP contribution in [0.25, 0.3) is 0 Å². The molecule has 2 aromatic heterocycles. The molecule has 2 fully saturated rings. The molecule has 0 radical (unpaired) electrons. The van der Waals surface area contributed by atoms with E-state index in [1.807, 2.05) is 24.0 Å². The first-order valence-corrected chi connectivity index (χ1v) is 8.09. The maximum absolute atomic E-state index is 5.23. The molecule has 2 saturated heterocycles. The number of hydrogen-bond acceptors (Lipinski definition) is 6. The number of likely N-dealkylation sites (tertiary alicyclic amines) is 1. The summed E-state index contributed by atoms with van der Waals surface area (Å²) in [6, 6.07) is 3.06. The Labute approximate surface area is 135 Å². The quantitative estimate of drug-likeness (QED) is 0.841. The van der Waals surface area contributed by atoms with Crippen molar-refractivity contribution in [1.82, 2.24) is 24.6 Å². The lowest BCUT2D eigenvalue weighted by atomic mass is 10.1. The average molecular weight is 314 g/mol. The monoisotopic (exact) mass is 314 g/mol. The first-order valence-electron chi connectivity index (χ1n) is 8.09. The zero-order valence-corrected chi connectivity index (χ0v) is 13.6. The third kappa shape index (κ3) is 2.65. The fourth-order valence-electron chi connectivity index (χ4n) is 3.94. The summed E-state index contributed by atoms with van der Waals surface area (Å²) in [4.78, 5) is 13.6. The van der Waals surface area contributed by atoms with E-state index < -0.39 is 0 Å². The van der Waals surface area contributed by atoms with Gasteiger partial charge in [0, 0.05) is 56.6 Å². The molecule has 122 valence electrons. The highest BCUT2D eigenvalue weighted by molar-refractivity contribution is 5.44. The van der Waals surface area contributed by atoms with Crippen molar-refractivity contribution in [3.8, 4) is 5.88 Å². The molecular formula is C16H22N6O. The highest BCUT2D eigenvalue weighted by Crippen LogP contribution is 2.35. The van der Waals surface area contributed by atoms with Gasteiger partial charge in [-0.25, -0.2) is 9.97 Å². The second kappa shape index (κ2) is 5.81. The molecule has 23 heavy (non-hydrogen) atoms. The van der Waals surface area contributed by atoms with E-state index in [2.05, 4.69) is 31.1 Å². The van der Waals surface area contributed by atoms with E-state index in [1.165, 1.54) is 18.4 Å². The first-order chi connectivity index (χ1) is 11.2. The van der Waals surface area contributed by atoms with Crippen LogP contribution in [0.5, 0.6) is 5.88 Å². The highest BCUT2D eigenvalue weighted by Gasteiger charge is 2.42. The normalized spacial score (nSPS) is 24.2. The van der Waals surface area contributed by atoms with Gasteiger partial charge in [-0.1, -0.05) is 0 Å². The summed E-state index contributed by atoms with van der Waals surface area (Å²) in [7, 11) is 3.61. The van der Waals surface area contributed by atoms with Gasteiger partial charge in [0.15, 0.2) is 0 Å². The maximum Gasteiger partial charge on any atom is 0.218 e. The molecule has 7 nitrogen and oxygen atoms in total. The van der Waals surface area contributed by atoms with Gasteiger partial charge in [-0.2, -0.15) is 5.10 Å². The second-order valence-corrected chi connectivity index (χ2v) is 6.32. The van der Waals surface area contributed by atoms with Crippen molar-refractivity contribution in [1.29, 1.82) is 0 Å². The Bertz CT molecular complexity index is 687. The van der Waals surface area contributed by atoms with Crippen molar-refractivity contribution < 1.29 is 4.74 Å². The fourth-order valence-corrected chi connectivity index (χ4v) is 3.94. The Balaban J connectivity index is 1.48. The summed E-state index contributed by atoms with van der Waals surface area (Å²) in [5.41, 5.74) is 1.29. The number of ether oxygens (including phenoxy) is 1. The van der Waals surface area contributed by atoms with Gasteiger partial charge in [-0.15, -0.1) is 0 Å². The van der Waals surface area contributed by atoms with Gasteiger partial charge < -0.3 is 9.64 Å². The van der Waals surface area contributed by atoms with Crippen LogP contribution in [-0.2, 0) is 13.6 Å². The van der Waals surface area contributed by atoms with Crippen LogP contribution in [0, 0.1) is 0 Å². The highest BCUT2D eigenvalue weighted by atomic mass is 16.5. The molecule has 0 aromatic carbocycles. The minimum Gasteiger partial charge on any atom is -0.481 e. The van der Waals surface area contributed by atoms with Crippen LogP contribution in [0.15, 0.2) is 24.8 Å². The Morgan fingerprint density at radius 1 is 1.22 bits per heavy atom. The molecule has 2 atom stereocenters. The van der Waals surface area contributed by atoms with Crippen molar-refractivity contribution in [2.45, 2.75) is 31.5 Å². The number of nitrogens with zero attached hydrogens (tertiary/aromatic N) is 6. The van der Waals surface area contributed by atoms with Crippen LogP contribution in [0.1, 0.15) is 18.4 Å². The number of fused-ring (bicyclic) bond motifs is 1. The van der Waals surface area contributed by atoms with Crippen molar-refractivity contribution in [3.05, 3.63) is 30.4 Å². The Kier molecular flexibility index (Phi) is 3.65. The Morgan fingerprint density at radius 3 is 2.87 bits per heavy atom. The third-order valence-corrected chi connectivity index (χ3v) is 4.97. The SMILES string of the molecule is COc1cc(N2CC[C@@H]3C2CCN3Cc2cnn(C)c2)ncn1. The summed E-state index contributed by atoms with van der Waals surface area (Å²) in [6.07, 6.45) is 8.02. The standard InChI is InChI=1S/C16H22N6O/c1-20-9-12(8-19-20)10-21-5-3-14-13(21)4-6-22(14)15-7-16(23-2)18-11-17-15/h7-9,11,13-14H,3-6,10H2,1-2H3/t13-,14?/m1/s1. The van der Waals surface area contributed by atoms with Gasteiger partial charge >= 0.3 is 0 Å². The van der Waals surface area contributed by atoms with E-state index in [1.54, 1.807) is 13.4 Å². The van der Waals surface area contributed by atoms with E-state index in [9.17, 15) is 0 Å². The van der Waals surface area contributed by atoms with E-state index in [4.69, 9.17) is 4.74 Å². The average Bonchev–Trinajstić information content (AvgIpc) is 3.26. The molecule has 2 aromatic rings. The van der Waals surface area contributed by atoms with Crippen LogP contribution >= 0.6 is 0 Å². The molecule has 0 N–H and O–H groups in total. The minimum absolute atomic E-state index is 0.534. The van der Waals surface area contributed by atoms with Gasteiger partial charge in [0.25, 0.3) is 0 Å². The lowest BCUT2D eigenvalue weighted by Crippen LogP contribution is -2.36. The molecule has 0 saturated carbocycles. The molecule has 1 unspecified atom stereocenters. The molecule has 4 rings (SSSR count). The number of methoxy groups -OCH3 is 1. The predicted molar refractivity (Wildman–Crippen MR) is 86.4 cm³/mol. The van der Waals surface area contributed by atoms with Gasteiger partial charge in [-0.3, -0.25) is 9.58 Å². The summed E-state index contributed by atoms with van der Waals surface area (Å²) < 4.78 is 7.10. The first kappa shape index (κ1) is 14.4. The molecule has 0 bridgehead atoms. The number of rotatable bonds is 4. The van der Waals surface area contributed by atoms with E-state index >= 15 is 0 Å². The molecular weight excluding hydrogens is 292 g/mol. The van der Waals surface area contributed by atoms with E-state index in [0.29, 0.717) is 18.0 Å². The zero-order chi connectivity index (χ0) is 15.8. The molecule has 0 aliphatic carbocycles. The largest absolute Gasteiger partial charge is 0.481 e. The van der Waals surface area contributed by atoms with Gasteiger partial charge in [-0.05, 0) is 12.8 Å². The van der Waals surface area contributed by atoms with Crippen molar-refractivity contribution in [2.75, 3.05) is 25.1 Å². The second-order valence-electron chi connectivity index (χ2n) is 6.32. The number of anilines is 1. The molecule has 4 heterocycles. The van der Waals surface area contributed by atoms with Crippen LogP contribution in [0.2, 0.25) is 0 Å². The van der Waals surface area contributed by atoms with Gasteiger partial charge in [0.2, 0.25) is 5.88 Å². The molecule has 2 aliphatic rings. The van der Waals surface area contributed by atoms with E-state index in [-0.39, 0.29) is 0 Å². The molecule has 0 spiro atoms. The molecule has 2 aliphatic heterocycles. The molecule has 7 heteroatoms. The zero-order valence-electron chi connectivity index (χ0n) is 13.6. The Hall–Kier alpha value is -2.15. The maximum atomic E-state index is 5.23. The van der Waals surface area contributed by atoms with Crippen LogP contribution in [0.4, 0.5) is 5.82 Å². The van der Waals surface area contributed by atoms with Crippen molar-refractivity contribution in [2.24, 2.45) is 7.05 Å². The van der Waals surface area contributed by atoms with Gasteiger partial charge in [0.1, 0.15) is 12.1 Å². The summed E-state index contributed by atoms with van der Waals surface area (Å²) in [5, 5.41) is 4.27.